The Morgan fingerprint density at radius 2 is 2.00 bits per heavy atom. The molecule has 0 radical (unpaired) electrons. The van der Waals surface area contributed by atoms with Crippen molar-refractivity contribution >= 4 is 24.3 Å². The minimum absolute atomic E-state index is 0. The Kier molecular flexibility index (Phi) is 7.19. The lowest BCUT2D eigenvalue weighted by Gasteiger charge is -2.28. The molecule has 21 heavy (non-hydrogen) atoms. The second kappa shape index (κ2) is 8.64. The topological polar surface area (TPSA) is 67.4 Å². The molecule has 1 atom stereocenters. The highest BCUT2D eigenvalue weighted by Crippen LogP contribution is 2.19. The van der Waals surface area contributed by atoms with Gasteiger partial charge in [0.15, 0.2) is 0 Å². The van der Waals surface area contributed by atoms with E-state index >= 15 is 0 Å². The van der Waals surface area contributed by atoms with E-state index in [9.17, 15) is 9.59 Å². The van der Waals surface area contributed by atoms with Crippen molar-refractivity contribution in [2.75, 3.05) is 20.2 Å². The van der Waals surface area contributed by atoms with Crippen LogP contribution in [-0.4, -0.2) is 32.1 Å². The maximum absolute atomic E-state index is 12.1. The van der Waals surface area contributed by atoms with Crippen LogP contribution in [0.5, 0.6) is 0 Å². The molecule has 116 valence electrons. The van der Waals surface area contributed by atoms with Crippen LogP contribution in [0.2, 0.25) is 0 Å². The quantitative estimate of drug-likeness (QED) is 0.780. The second-order valence-electron chi connectivity index (χ2n) is 4.94. The van der Waals surface area contributed by atoms with E-state index < -0.39 is 0 Å². The fraction of sp³-hybridized carbons (Fsp3) is 0.467. The molecule has 0 spiro atoms. The number of hydrogen-bond donors (Lipinski definition) is 2. The predicted molar refractivity (Wildman–Crippen MR) is 82.2 cm³/mol. The van der Waals surface area contributed by atoms with Gasteiger partial charge in [-0.05, 0) is 12.0 Å². The van der Waals surface area contributed by atoms with Crippen LogP contribution in [0.15, 0.2) is 30.3 Å². The number of hydrogen-bond acceptors (Lipinski definition) is 4. The third-order valence-corrected chi connectivity index (χ3v) is 3.54. The lowest BCUT2D eigenvalue weighted by molar-refractivity contribution is -0.141. The molecule has 2 rings (SSSR count). The molecule has 1 aromatic carbocycles. The Balaban J connectivity index is 0.00000220. The van der Waals surface area contributed by atoms with Crippen LogP contribution in [0, 0.1) is 5.92 Å². The monoisotopic (exact) mass is 312 g/mol. The highest BCUT2D eigenvalue weighted by Gasteiger charge is 2.27. The van der Waals surface area contributed by atoms with Gasteiger partial charge in [-0.25, -0.2) is 0 Å². The summed E-state index contributed by atoms with van der Waals surface area (Å²) in [5, 5.41) is 6.11. The van der Waals surface area contributed by atoms with Gasteiger partial charge >= 0.3 is 5.97 Å². The number of esters is 1. The number of halogens is 1. The van der Waals surface area contributed by atoms with Crippen molar-refractivity contribution in [2.24, 2.45) is 5.92 Å². The first-order chi connectivity index (χ1) is 9.70. The molecule has 6 heteroatoms. The van der Waals surface area contributed by atoms with Crippen molar-refractivity contribution in [1.29, 1.82) is 0 Å². The molecule has 1 heterocycles. The molecule has 1 aliphatic heterocycles. The summed E-state index contributed by atoms with van der Waals surface area (Å²) in [4.78, 5) is 23.3. The molecule has 1 amide bonds. The molecule has 0 saturated carbocycles. The fourth-order valence-corrected chi connectivity index (χ4v) is 2.14. The van der Waals surface area contributed by atoms with Gasteiger partial charge < -0.3 is 15.4 Å². The largest absolute Gasteiger partial charge is 0.469 e. The minimum Gasteiger partial charge on any atom is -0.469 e. The third-order valence-electron chi connectivity index (χ3n) is 3.54. The Labute approximate surface area is 130 Å². The minimum atomic E-state index is -0.259. The molecular formula is C15H21ClN2O3. The molecule has 1 aromatic rings. The van der Waals surface area contributed by atoms with Gasteiger partial charge in [-0.15, -0.1) is 12.4 Å². The Bertz CT molecular complexity index is 463. The van der Waals surface area contributed by atoms with Gasteiger partial charge in [-0.2, -0.15) is 0 Å². The summed E-state index contributed by atoms with van der Waals surface area (Å²) in [5.74, 6) is -0.174. The average Bonchev–Trinajstić information content (AvgIpc) is 2.42. The molecule has 5 nitrogen and oxygen atoms in total. The maximum atomic E-state index is 12.1. The zero-order valence-electron chi connectivity index (χ0n) is 12.0. The fourth-order valence-electron chi connectivity index (χ4n) is 2.14. The Hall–Kier alpha value is -1.59. The lowest BCUT2D eigenvalue weighted by atomic mass is 9.98. The Morgan fingerprint density at radius 3 is 2.52 bits per heavy atom. The number of amides is 1. The summed E-state index contributed by atoms with van der Waals surface area (Å²) in [6, 6.07) is 9.55. The first kappa shape index (κ1) is 17.5. The van der Waals surface area contributed by atoms with Crippen molar-refractivity contribution in [1.82, 2.24) is 10.6 Å². The highest BCUT2D eigenvalue weighted by atomic mass is 35.5. The van der Waals surface area contributed by atoms with Crippen LogP contribution in [0.4, 0.5) is 0 Å². The summed E-state index contributed by atoms with van der Waals surface area (Å²) in [6.07, 6.45) is 0.835. The zero-order valence-corrected chi connectivity index (χ0v) is 12.8. The molecule has 1 fully saturated rings. The van der Waals surface area contributed by atoms with E-state index in [1.807, 2.05) is 30.3 Å². The van der Waals surface area contributed by atoms with Crippen LogP contribution in [0.1, 0.15) is 24.4 Å². The average molecular weight is 313 g/mol. The van der Waals surface area contributed by atoms with E-state index in [4.69, 9.17) is 0 Å². The molecule has 0 bridgehead atoms. The maximum Gasteiger partial charge on any atom is 0.305 e. The van der Waals surface area contributed by atoms with Crippen LogP contribution >= 0.6 is 12.4 Å². The summed E-state index contributed by atoms with van der Waals surface area (Å²) < 4.78 is 4.66. The van der Waals surface area contributed by atoms with Gasteiger partial charge in [0, 0.05) is 19.5 Å². The van der Waals surface area contributed by atoms with Gasteiger partial charge in [0.05, 0.1) is 19.1 Å². The number of carbonyl (C=O) groups is 2. The van der Waals surface area contributed by atoms with Crippen LogP contribution in [0.3, 0.4) is 0 Å². The van der Waals surface area contributed by atoms with Crippen LogP contribution < -0.4 is 10.6 Å². The van der Waals surface area contributed by atoms with Crippen molar-refractivity contribution in [3.05, 3.63) is 35.9 Å². The van der Waals surface area contributed by atoms with Gasteiger partial charge in [0.25, 0.3) is 0 Å². The smallest absolute Gasteiger partial charge is 0.305 e. The summed E-state index contributed by atoms with van der Waals surface area (Å²) in [5.41, 5.74) is 1.01. The molecule has 0 aliphatic carbocycles. The van der Waals surface area contributed by atoms with E-state index in [0.29, 0.717) is 12.8 Å². The molecule has 1 unspecified atom stereocenters. The number of nitrogens with one attached hydrogen (secondary N) is 2. The number of rotatable bonds is 6. The van der Waals surface area contributed by atoms with Crippen LogP contribution in [-0.2, 0) is 14.3 Å². The predicted octanol–water partition coefficient (Wildman–Crippen LogP) is 1.44. The van der Waals surface area contributed by atoms with Gasteiger partial charge in [-0.3, -0.25) is 9.59 Å². The highest BCUT2D eigenvalue weighted by molar-refractivity contribution is 5.85. The molecular weight excluding hydrogens is 292 g/mol. The number of methoxy groups -OCH3 is 1. The van der Waals surface area contributed by atoms with E-state index in [1.54, 1.807) is 0 Å². The third kappa shape index (κ3) is 5.02. The number of carbonyl (C=O) groups excluding carboxylic acids is 2. The van der Waals surface area contributed by atoms with Crippen molar-refractivity contribution < 1.29 is 14.3 Å². The van der Waals surface area contributed by atoms with Gasteiger partial charge in [-0.1, -0.05) is 30.3 Å². The second-order valence-corrected chi connectivity index (χ2v) is 4.94. The van der Waals surface area contributed by atoms with Crippen molar-refractivity contribution in [2.45, 2.75) is 18.9 Å². The molecule has 2 N–H and O–H groups in total. The molecule has 1 aliphatic rings. The van der Waals surface area contributed by atoms with Crippen molar-refractivity contribution in [3.63, 3.8) is 0 Å². The summed E-state index contributed by atoms with van der Waals surface area (Å²) in [6.45, 7) is 1.45. The first-order valence-electron chi connectivity index (χ1n) is 6.83. The van der Waals surface area contributed by atoms with Gasteiger partial charge in [0.1, 0.15) is 0 Å². The van der Waals surface area contributed by atoms with E-state index in [0.717, 1.165) is 18.7 Å². The summed E-state index contributed by atoms with van der Waals surface area (Å²) in [7, 11) is 1.37. The first-order valence-corrected chi connectivity index (χ1v) is 6.83. The van der Waals surface area contributed by atoms with Crippen LogP contribution in [0.25, 0.3) is 0 Å². The number of benzene rings is 1. The SMILES string of the molecule is COC(=O)CCC(NC(=O)C1CNC1)c1ccccc1.Cl. The van der Waals surface area contributed by atoms with Crippen molar-refractivity contribution in [3.8, 4) is 0 Å². The standard InChI is InChI=1S/C15H20N2O3.ClH/c1-20-14(18)8-7-13(11-5-3-2-4-6-11)17-15(19)12-9-16-10-12;/h2-6,12-13,16H,7-10H2,1H3,(H,17,19);1H. The molecule has 1 saturated heterocycles. The molecule has 0 aromatic heterocycles. The van der Waals surface area contributed by atoms with E-state index in [1.165, 1.54) is 7.11 Å². The van der Waals surface area contributed by atoms with Gasteiger partial charge in [0.2, 0.25) is 5.91 Å². The lowest BCUT2D eigenvalue weighted by Crippen LogP contribution is -2.51. The normalized spacial score (nSPS) is 15.3. The van der Waals surface area contributed by atoms with E-state index in [-0.39, 0.29) is 36.2 Å². The Morgan fingerprint density at radius 1 is 1.33 bits per heavy atom. The number of ether oxygens (including phenoxy) is 1. The zero-order chi connectivity index (χ0) is 14.4. The van der Waals surface area contributed by atoms with E-state index in [2.05, 4.69) is 15.4 Å². The summed E-state index contributed by atoms with van der Waals surface area (Å²) >= 11 is 0.